The van der Waals surface area contributed by atoms with Crippen LogP contribution < -0.4 is 10.1 Å². The molecule has 0 aromatic heterocycles. The minimum absolute atomic E-state index is 0.129. The van der Waals surface area contributed by atoms with Crippen LogP contribution in [0.4, 0.5) is 10.5 Å². The lowest BCUT2D eigenvalue weighted by Crippen LogP contribution is -2.51. The molecule has 4 rings (SSSR count). The van der Waals surface area contributed by atoms with E-state index >= 15 is 0 Å². The Kier molecular flexibility index (Phi) is 11.2. The Labute approximate surface area is 239 Å². The maximum atomic E-state index is 12.9. The summed E-state index contributed by atoms with van der Waals surface area (Å²) in [5.74, 6) is 1.20. The van der Waals surface area contributed by atoms with Crippen LogP contribution in [0.1, 0.15) is 55.5 Å². The predicted octanol–water partition coefficient (Wildman–Crippen LogP) is 5.14. The second-order valence-corrected chi connectivity index (χ2v) is 11.1. The third-order valence-corrected chi connectivity index (χ3v) is 8.15. The van der Waals surface area contributed by atoms with E-state index in [9.17, 15) is 9.59 Å². The number of likely N-dealkylation sites (tertiary alicyclic amines) is 1. The molecular weight excluding hydrogens is 504 g/mol. The van der Waals surface area contributed by atoms with Gasteiger partial charge < -0.3 is 29.5 Å². The molecule has 8 heteroatoms. The second-order valence-electron chi connectivity index (χ2n) is 11.1. The molecular formula is C32H46N4O4. The number of morpholine rings is 1. The van der Waals surface area contributed by atoms with Gasteiger partial charge in [-0.1, -0.05) is 25.5 Å². The highest BCUT2D eigenvalue weighted by Gasteiger charge is 2.29. The Bertz CT molecular complexity index is 1080. The number of piperidine rings is 1. The summed E-state index contributed by atoms with van der Waals surface area (Å²) >= 11 is 0. The van der Waals surface area contributed by atoms with Crippen molar-refractivity contribution >= 4 is 17.6 Å². The topological polar surface area (TPSA) is 74.4 Å². The highest BCUT2D eigenvalue weighted by molar-refractivity contribution is 6.04. The van der Waals surface area contributed by atoms with Crippen molar-refractivity contribution in [2.24, 2.45) is 5.92 Å². The number of methoxy groups -OCH3 is 1. The number of hydrogen-bond acceptors (Lipinski definition) is 5. The van der Waals surface area contributed by atoms with E-state index in [0.29, 0.717) is 43.8 Å². The summed E-state index contributed by atoms with van der Waals surface area (Å²) in [4.78, 5) is 32.3. The Balaban J connectivity index is 1.30. The average molecular weight is 551 g/mol. The van der Waals surface area contributed by atoms with E-state index < -0.39 is 0 Å². The van der Waals surface area contributed by atoms with Gasteiger partial charge in [-0.25, -0.2) is 4.79 Å². The number of ether oxygens (including phenoxy) is 2. The predicted molar refractivity (Wildman–Crippen MR) is 159 cm³/mol. The molecule has 8 nitrogen and oxygen atoms in total. The van der Waals surface area contributed by atoms with E-state index in [1.807, 2.05) is 21.9 Å². The van der Waals surface area contributed by atoms with Gasteiger partial charge in [-0.2, -0.15) is 0 Å². The standard InChI is InChI=1S/C32H46N4O4/c1-4-5-15-36(24-26-13-16-34(17-14-26)32(38)35-18-20-40-21-19-35)25(2)22-27-7-6-8-29(23-27)33-31(37)28-9-11-30(39-3)12-10-28/h6-12,23,25-26H,4-5,13-22,24H2,1-3H3,(H,33,37). The fraction of sp³-hybridized carbons (Fsp3) is 0.562. The smallest absolute Gasteiger partial charge is 0.320 e. The summed E-state index contributed by atoms with van der Waals surface area (Å²) < 4.78 is 10.6. The number of anilines is 1. The molecule has 2 aromatic carbocycles. The summed E-state index contributed by atoms with van der Waals surface area (Å²) in [6, 6.07) is 15.9. The Hall–Kier alpha value is -3.10. The third-order valence-electron chi connectivity index (χ3n) is 8.15. The van der Waals surface area contributed by atoms with Crippen LogP contribution >= 0.6 is 0 Å². The molecule has 218 valence electrons. The van der Waals surface area contributed by atoms with Gasteiger partial charge in [-0.15, -0.1) is 0 Å². The molecule has 3 amide bonds. The molecule has 2 heterocycles. The van der Waals surface area contributed by atoms with Crippen LogP contribution in [0.15, 0.2) is 48.5 Å². The second kappa shape index (κ2) is 15.1. The van der Waals surface area contributed by atoms with E-state index in [-0.39, 0.29) is 11.9 Å². The van der Waals surface area contributed by atoms with Gasteiger partial charge in [0, 0.05) is 50.0 Å². The number of unbranched alkanes of at least 4 members (excludes halogenated alkanes) is 1. The lowest BCUT2D eigenvalue weighted by molar-refractivity contribution is 0.0386. The first-order valence-corrected chi connectivity index (χ1v) is 14.9. The molecule has 2 saturated heterocycles. The molecule has 1 unspecified atom stereocenters. The number of hydrogen-bond donors (Lipinski definition) is 1. The monoisotopic (exact) mass is 550 g/mol. The van der Waals surface area contributed by atoms with Crippen molar-refractivity contribution in [3.05, 3.63) is 59.7 Å². The van der Waals surface area contributed by atoms with Crippen molar-refractivity contribution in [1.29, 1.82) is 0 Å². The molecule has 0 aliphatic carbocycles. The van der Waals surface area contributed by atoms with Crippen molar-refractivity contribution in [3.63, 3.8) is 0 Å². The summed E-state index contributed by atoms with van der Waals surface area (Å²) in [5.41, 5.74) is 2.62. The molecule has 0 spiro atoms. The number of carbonyl (C=O) groups excluding carboxylic acids is 2. The number of rotatable bonds is 11. The normalized spacial score (nSPS) is 17.1. The molecule has 2 aliphatic heterocycles. The van der Waals surface area contributed by atoms with E-state index in [1.54, 1.807) is 31.4 Å². The van der Waals surface area contributed by atoms with Crippen LogP contribution in [0.5, 0.6) is 5.75 Å². The highest BCUT2D eigenvalue weighted by atomic mass is 16.5. The largest absolute Gasteiger partial charge is 0.497 e. The highest BCUT2D eigenvalue weighted by Crippen LogP contribution is 2.23. The lowest BCUT2D eigenvalue weighted by Gasteiger charge is -2.39. The number of carbonyl (C=O) groups is 2. The number of nitrogens with one attached hydrogen (secondary N) is 1. The number of urea groups is 1. The summed E-state index contributed by atoms with van der Waals surface area (Å²) in [5, 5.41) is 3.04. The summed E-state index contributed by atoms with van der Waals surface area (Å²) in [6.45, 7) is 11.1. The van der Waals surface area contributed by atoms with Gasteiger partial charge in [-0.3, -0.25) is 4.79 Å². The van der Waals surface area contributed by atoms with E-state index in [2.05, 4.69) is 36.2 Å². The molecule has 1 N–H and O–H groups in total. The first-order chi connectivity index (χ1) is 19.5. The van der Waals surface area contributed by atoms with Crippen LogP contribution in [-0.2, 0) is 11.2 Å². The van der Waals surface area contributed by atoms with Crippen LogP contribution in [0.25, 0.3) is 0 Å². The first-order valence-electron chi connectivity index (χ1n) is 14.9. The van der Waals surface area contributed by atoms with Crippen LogP contribution in [0.3, 0.4) is 0 Å². The lowest BCUT2D eigenvalue weighted by atomic mass is 9.94. The molecule has 2 aliphatic rings. The SMILES string of the molecule is CCCCN(CC1CCN(C(=O)N2CCOCC2)CC1)C(C)Cc1cccc(NC(=O)c2ccc(OC)cc2)c1. The van der Waals surface area contributed by atoms with E-state index in [1.165, 1.54) is 18.4 Å². The molecule has 40 heavy (non-hydrogen) atoms. The molecule has 0 radical (unpaired) electrons. The molecule has 0 saturated carbocycles. The maximum Gasteiger partial charge on any atom is 0.320 e. The number of benzene rings is 2. The van der Waals surface area contributed by atoms with E-state index in [0.717, 1.165) is 56.9 Å². The minimum Gasteiger partial charge on any atom is -0.497 e. The van der Waals surface area contributed by atoms with Crippen molar-refractivity contribution in [3.8, 4) is 5.75 Å². The van der Waals surface area contributed by atoms with Gasteiger partial charge in [0.05, 0.1) is 20.3 Å². The summed E-state index contributed by atoms with van der Waals surface area (Å²) in [7, 11) is 1.61. The molecule has 2 aromatic rings. The Morgan fingerprint density at radius 1 is 1.05 bits per heavy atom. The quantitative estimate of drug-likeness (QED) is 0.419. The zero-order valence-corrected chi connectivity index (χ0v) is 24.4. The fourth-order valence-electron chi connectivity index (χ4n) is 5.64. The van der Waals surface area contributed by atoms with Crippen LogP contribution in [0, 0.1) is 5.92 Å². The van der Waals surface area contributed by atoms with Gasteiger partial charge in [0.15, 0.2) is 0 Å². The van der Waals surface area contributed by atoms with Crippen molar-refractivity contribution in [2.75, 3.05) is 64.9 Å². The summed E-state index contributed by atoms with van der Waals surface area (Å²) in [6.07, 6.45) is 5.38. The maximum absolute atomic E-state index is 12.9. The van der Waals surface area contributed by atoms with Crippen molar-refractivity contribution < 1.29 is 19.1 Å². The van der Waals surface area contributed by atoms with Crippen molar-refractivity contribution in [1.82, 2.24) is 14.7 Å². The van der Waals surface area contributed by atoms with Gasteiger partial charge >= 0.3 is 6.03 Å². The van der Waals surface area contributed by atoms with Crippen molar-refractivity contribution in [2.45, 2.75) is 52.0 Å². The Morgan fingerprint density at radius 2 is 1.75 bits per heavy atom. The zero-order valence-electron chi connectivity index (χ0n) is 24.4. The Morgan fingerprint density at radius 3 is 2.42 bits per heavy atom. The average Bonchev–Trinajstić information content (AvgIpc) is 2.99. The van der Waals surface area contributed by atoms with E-state index in [4.69, 9.17) is 9.47 Å². The fourth-order valence-corrected chi connectivity index (χ4v) is 5.64. The molecule has 1 atom stereocenters. The number of nitrogens with zero attached hydrogens (tertiary/aromatic N) is 3. The number of amides is 3. The first kappa shape index (κ1) is 29.9. The minimum atomic E-state index is -0.129. The van der Waals surface area contributed by atoms with Gasteiger partial charge in [0.25, 0.3) is 5.91 Å². The van der Waals surface area contributed by atoms with Gasteiger partial charge in [0.1, 0.15) is 5.75 Å². The van der Waals surface area contributed by atoms with Crippen LogP contribution in [-0.4, -0.2) is 92.3 Å². The molecule has 2 fully saturated rings. The molecule has 0 bridgehead atoms. The van der Waals surface area contributed by atoms with Gasteiger partial charge in [-0.05, 0) is 87.0 Å². The van der Waals surface area contributed by atoms with Gasteiger partial charge in [0.2, 0.25) is 0 Å². The zero-order chi connectivity index (χ0) is 28.3. The third kappa shape index (κ3) is 8.45. The van der Waals surface area contributed by atoms with Crippen LogP contribution in [0.2, 0.25) is 0 Å².